The SMILES string of the molecule is CCc1ccc(C(C)NC(=O)c2ccc(Cl)nc2)cc1. The summed E-state index contributed by atoms with van der Waals surface area (Å²) in [4.78, 5) is 16.0. The van der Waals surface area contributed by atoms with E-state index in [0.29, 0.717) is 10.7 Å². The van der Waals surface area contributed by atoms with E-state index < -0.39 is 0 Å². The van der Waals surface area contributed by atoms with Crippen LogP contribution in [0.1, 0.15) is 41.4 Å². The van der Waals surface area contributed by atoms with Crippen LogP contribution in [0.4, 0.5) is 0 Å². The van der Waals surface area contributed by atoms with Crippen molar-refractivity contribution in [2.45, 2.75) is 26.3 Å². The number of rotatable bonds is 4. The fraction of sp³-hybridized carbons (Fsp3) is 0.250. The zero-order valence-electron chi connectivity index (χ0n) is 11.6. The summed E-state index contributed by atoms with van der Waals surface area (Å²) in [6.07, 6.45) is 2.49. The predicted molar refractivity (Wildman–Crippen MR) is 80.9 cm³/mol. The van der Waals surface area contributed by atoms with Crippen LogP contribution in [0.5, 0.6) is 0 Å². The highest BCUT2D eigenvalue weighted by Gasteiger charge is 2.11. The number of amides is 1. The molecule has 0 bridgehead atoms. The van der Waals surface area contributed by atoms with E-state index in [1.807, 2.05) is 19.1 Å². The average Bonchev–Trinajstić information content (AvgIpc) is 2.48. The number of aromatic nitrogens is 1. The van der Waals surface area contributed by atoms with Crippen molar-refractivity contribution in [2.75, 3.05) is 0 Å². The molecule has 0 spiro atoms. The van der Waals surface area contributed by atoms with E-state index >= 15 is 0 Å². The second kappa shape index (κ2) is 6.53. The molecule has 104 valence electrons. The quantitative estimate of drug-likeness (QED) is 0.870. The highest BCUT2D eigenvalue weighted by atomic mass is 35.5. The Hall–Kier alpha value is -1.87. The van der Waals surface area contributed by atoms with Gasteiger partial charge in [0.1, 0.15) is 5.15 Å². The number of hydrogen-bond acceptors (Lipinski definition) is 2. The van der Waals surface area contributed by atoms with Crippen molar-refractivity contribution >= 4 is 17.5 Å². The highest BCUT2D eigenvalue weighted by Crippen LogP contribution is 2.15. The molecule has 0 aliphatic heterocycles. The molecule has 1 aromatic carbocycles. The largest absolute Gasteiger partial charge is 0.345 e. The lowest BCUT2D eigenvalue weighted by molar-refractivity contribution is 0.0939. The van der Waals surface area contributed by atoms with Gasteiger partial charge in [-0.2, -0.15) is 0 Å². The van der Waals surface area contributed by atoms with E-state index in [1.165, 1.54) is 11.8 Å². The van der Waals surface area contributed by atoms with E-state index in [-0.39, 0.29) is 11.9 Å². The monoisotopic (exact) mass is 288 g/mol. The van der Waals surface area contributed by atoms with Gasteiger partial charge in [-0.3, -0.25) is 4.79 Å². The summed E-state index contributed by atoms with van der Waals surface area (Å²) in [6.45, 7) is 4.08. The molecule has 1 N–H and O–H groups in total. The van der Waals surface area contributed by atoms with Crippen LogP contribution in [0.15, 0.2) is 42.6 Å². The van der Waals surface area contributed by atoms with Gasteiger partial charge in [-0.25, -0.2) is 4.98 Å². The summed E-state index contributed by atoms with van der Waals surface area (Å²) in [6, 6.07) is 11.5. The smallest absolute Gasteiger partial charge is 0.253 e. The minimum atomic E-state index is -0.152. The van der Waals surface area contributed by atoms with E-state index in [2.05, 4.69) is 29.4 Å². The molecule has 1 aromatic heterocycles. The van der Waals surface area contributed by atoms with Gasteiger partial charge < -0.3 is 5.32 Å². The summed E-state index contributed by atoms with van der Waals surface area (Å²) in [5.41, 5.74) is 2.87. The first-order valence-corrected chi connectivity index (χ1v) is 6.99. The van der Waals surface area contributed by atoms with E-state index in [9.17, 15) is 4.79 Å². The lowest BCUT2D eigenvalue weighted by Gasteiger charge is -2.14. The molecule has 2 aromatic rings. The zero-order chi connectivity index (χ0) is 14.5. The maximum absolute atomic E-state index is 12.1. The second-order valence-electron chi connectivity index (χ2n) is 4.66. The Labute approximate surface area is 124 Å². The Morgan fingerprint density at radius 3 is 2.50 bits per heavy atom. The number of benzene rings is 1. The molecular formula is C16H17ClN2O. The van der Waals surface area contributed by atoms with Gasteiger partial charge in [-0.05, 0) is 36.6 Å². The van der Waals surface area contributed by atoms with E-state index in [4.69, 9.17) is 11.6 Å². The molecule has 0 aliphatic carbocycles. The molecular weight excluding hydrogens is 272 g/mol. The molecule has 0 saturated carbocycles. The Morgan fingerprint density at radius 1 is 1.25 bits per heavy atom. The van der Waals surface area contributed by atoms with Crippen molar-refractivity contribution in [1.82, 2.24) is 10.3 Å². The first-order valence-electron chi connectivity index (χ1n) is 6.61. The average molecular weight is 289 g/mol. The van der Waals surface area contributed by atoms with Crippen LogP contribution in [0.2, 0.25) is 5.15 Å². The molecule has 1 unspecified atom stereocenters. The number of carbonyl (C=O) groups is 1. The molecule has 1 heterocycles. The summed E-state index contributed by atoms with van der Waals surface area (Å²) in [7, 11) is 0. The minimum absolute atomic E-state index is 0.0518. The number of carbonyl (C=O) groups excluding carboxylic acids is 1. The van der Waals surface area contributed by atoms with Crippen molar-refractivity contribution in [1.29, 1.82) is 0 Å². The van der Waals surface area contributed by atoms with E-state index in [0.717, 1.165) is 12.0 Å². The molecule has 3 nitrogen and oxygen atoms in total. The van der Waals surface area contributed by atoms with Crippen LogP contribution in [0, 0.1) is 0 Å². The van der Waals surface area contributed by atoms with Gasteiger partial charge >= 0.3 is 0 Å². The molecule has 0 fully saturated rings. The Kier molecular flexibility index (Phi) is 4.74. The highest BCUT2D eigenvalue weighted by molar-refractivity contribution is 6.29. The fourth-order valence-corrected chi connectivity index (χ4v) is 2.03. The van der Waals surface area contributed by atoms with Gasteiger partial charge in [-0.15, -0.1) is 0 Å². The van der Waals surface area contributed by atoms with Crippen LogP contribution in [-0.4, -0.2) is 10.9 Å². The lowest BCUT2D eigenvalue weighted by Crippen LogP contribution is -2.26. The Bertz CT molecular complexity index is 578. The number of nitrogens with one attached hydrogen (secondary N) is 1. The van der Waals surface area contributed by atoms with Crippen molar-refractivity contribution in [2.24, 2.45) is 0 Å². The van der Waals surface area contributed by atoms with Crippen LogP contribution in [-0.2, 0) is 6.42 Å². The van der Waals surface area contributed by atoms with Gasteiger partial charge in [-0.1, -0.05) is 42.8 Å². The lowest BCUT2D eigenvalue weighted by atomic mass is 10.0. The van der Waals surface area contributed by atoms with E-state index in [1.54, 1.807) is 12.1 Å². The number of pyridine rings is 1. The Morgan fingerprint density at radius 2 is 1.95 bits per heavy atom. The third-order valence-corrected chi connectivity index (χ3v) is 3.45. The topological polar surface area (TPSA) is 42.0 Å². The number of nitrogens with zero attached hydrogens (tertiary/aromatic N) is 1. The van der Waals surface area contributed by atoms with Crippen molar-refractivity contribution in [3.8, 4) is 0 Å². The first kappa shape index (κ1) is 14.5. The van der Waals surface area contributed by atoms with Crippen molar-refractivity contribution < 1.29 is 4.79 Å². The molecule has 20 heavy (non-hydrogen) atoms. The van der Waals surface area contributed by atoms with Crippen molar-refractivity contribution in [3.05, 3.63) is 64.4 Å². The standard InChI is InChI=1S/C16H17ClN2O/c1-3-12-4-6-13(7-5-12)11(2)19-16(20)14-8-9-15(17)18-10-14/h4-11H,3H2,1-2H3,(H,19,20). The third kappa shape index (κ3) is 3.58. The van der Waals surface area contributed by atoms with Gasteiger partial charge in [0.15, 0.2) is 0 Å². The fourth-order valence-electron chi connectivity index (χ4n) is 1.92. The third-order valence-electron chi connectivity index (χ3n) is 3.23. The number of halogens is 1. The van der Waals surface area contributed by atoms with Gasteiger partial charge in [0.25, 0.3) is 5.91 Å². The molecule has 1 amide bonds. The van der Waals surface area contributed by atoms with Gasteiger partial charge in [0.2, 0.25) is 0 Å². The molecule has 0 saturated heterocycles. The molecule has 0 aliphatic rings. The number of hydrogen-bond donors (Lipinski definition) is 1. The second-order valence-corrected chi connectivity index (χ2v) is 5.05. The van der Waals surface area contributed by atoms with Gasteiger partial charge in [0.05, 0.1) is 11.6 Å². The molecule has 1 atom stereocenters. The predicted octanol–water partition coefficient (Wildman–Crippen LogP) is 3.79. The van der Waals surface area contributed by atoms with Crippen LogP contribution in [0.25, 0.3) is 0 Å². The maximum Gasteiger partial charge on any atom is 0.253 e. The number of aryl methyl sites for hydroxylation is 1. The minimum Gasteiger partial charge on any atom is -0.345 e. The normalized spacial score (nSPS) is 11.9. The summed E-state index contributed by atoms with van der Waals surface area (Å²) in [5.74, 6) is -0.152. The Balaban J connectivity index is 2.04. The summed E-state index contributed by atoms with van der Waals surface area (Å²) < 4.78 is 0. The van der Waals surface area contributed by atoms with Crippen molar-refractivity contribution in [3.63, 3.8) is 0 Å². The first-order chi connectivity index (χ1) is 9.60. The van der Waals surface area contributed by atoms with Crippen LogP contribution < -0.4 is 5.32 Å². The summed E-state index contributed by atoms with van der Waals surface area (Å²) >= 11 is 5.70. The molecule has 0 radical (unpaired) electrons. The van der Waals surface area contributed by atoms with Crippen LogP contribution >= 0.6 is 11.6 Å². The maximum atomic E-state index is 12.1. The molecule has 4 heteroatoms. The zero-order valence-corrected chi connectivity index (χ0v) is 12.3. The van der Waals surface area contributed by atoms with Gasteiger partial charge in [0, 0.05) is 6.20 Å². The summed E-state index contributed by atoms with van der Waals surface area (Å²) in [5, 5.41) is 3.33. The molecule has 2 rings (SSSR count). The van der Waals surface area contributed by atoms with Crippen LogP contribution in [0.3, 0.4) is 0 Å².